The SMILES string of the molecule is COCCc1ccc(S(=O)(=O)N(CCCN)Cc2ccccc2)cc1.Cl. The molecule has 0 unspecified atom stereocenters. The van der Waals surface area contributed by atoms with Crippen LogP contribution in [0.5, 0.6) is 0 Å². The summed E-state index contributed by atoms with van der Waals surface area (Å²) in [6, 6.07) is 16.6. The van der Waals surface area contributed by atoms with Crippen molar-refractivity contribution in [3.8, 4) is 0 Å². The van der Waals surface area contributed by atoms with Crippen LogP contribution in [0.15, 0.2) is 59.5 Å². The molecule has 0 saturated carbocycles. The van der Waals surface area contributed by atoms with E-state index >= 15 is 0 Å². The van der Waals surface area contributed by atoms with Gasteiger partial charge >= 0.3 is 0 Å². The molecule has 144 valence electrons. The predicted molar refractivity (Wildman–Crippen MR) is 107 cm³/mol. The van der Waals surface area contributed by atoms with E-state index in [1.54, 1.807) is 19.2 Å². The number of sulfonamides is 1. The van der Waals surface area contributed by atoms with Gasteiger partial charge in [-0.1, -0.05) is 42.5 Å². The highest BCUT2D eigenvalue weighted by molar-refractivity contribution is 7.89. The Morgan fingerprint density at radius 2 is 1.65 bits per heavy atom. The molecule has 2 rings (SSSR count). The molecular formula is C19H27ClN2O3S. The number of hydrogen-bond donors (Lipinski definition) is 1. The third-order valence-corrected chi connectivity index (χ3v) is 5.83. The van der Waals surface area contributed by atoms with E-state index in [2.05, 4.69) is 0 Å². The van der Waals surface area contributed by atoms with Crippen molar-refractivity contribution in [2.24, 2.45) is 5.73 Å². The summed E-state index contributed by atoms with van der Waals surface area (Å²) in [6.45, 7) is 1.81. The zero-order valence-electron chi connectivity index (χ0n) is 15.0. The van der Waals surface area contributed by atoms with Crippen LogP contribution < -0.4 is 5.73 Å². The van der Waals surface area contributed by atoms with E-state index in [9.17, 15) is 8.42 Å². The molecule has 0 amide bonds. The topological polar surface area (TPSA) is 72.6 Å². The molecule has 0 spiro atoms. The summed E-state index contributed by atoms with van der Waals surface area (Å²) >= 11 is 0. The lowest BCUT2D eigenvalue weighted by molar-refractivity contribution is 0.202. The van der Waals surface area contributed by atoms with Gasteiger partial charge in [0.05, 0.1) is 11.5 Å². The van der Waals surface area contributed by atoms with E-state index in [0.717, 1.165) is 17.5 Å². The van der Waals surface area contributed by atoms with Gasteiger partial charge in [0.15, 0.2) is 0 Å². The van der Waals surface area contributed by atoms with E-state index in [4.69, 9.17) is 10.5 Å². The highest BCUT2D eigenvalue weighted by Gasteiger charge is 2.24. The van der Waals surface area contributed by atoms with Gasteiger partial charge in [-0.15, -0.1) is 12.4 Å². The van der Waals surface area contributed by atoms with Crippen molar-refractivity contribution in [2.45, 2.75) is 24.3 Å². The Labute approximate surface area is 162 Å². The number of methoxy groups -OCH3 is 1. The molecule has 0 aliphatic heterocycles. The molecule has 0 atom stereocenters. The van der Waals surface area contributed by atoms with Gasteiger partial charge in [0.2, 0.25) is 10.0 Å². The van der Waals surface area contributed by atoms with Crippen LogP contribution >= 0.6 is 12.4 Å². The summed E-state index contributed by atoms with van der Waals surface area (Å²) in [7, 11) is -1.91. The van der Waals surface area contributed by atoms with Gasteiger partial charge in [0.1, 0.15) is 0 Å². The maximum absolute atomic E-state index is 13.0. The Morgan fingerprint density at radius 1 is 1.00 bits per heavy atom. The summed E-state index contributed by atoms with van der Waals surface area (Å²) in [6.07, 6.45) is 1.38. The Morgan fingerprint density at radius 3 is 2.23 bits per heavy atom. The molecule has 26 heavy (non-hydrogen) atoms. The minimum atomic E-state index is -3.56. The Kier molecular flexibility index (Phi) is 9.83. The first-order valence-electron chi connectivity index (χ1n) is 8.40. The summed E-state index contributed by atoms with van der Waals surface area (Å²) in [4.78, 5) is 0.307. The number of hydrogen-bond acceptors (Lipinski definition) is 4. The summed E-state index contributed by atoms with van der Waals surface area (Å²) in [5.74, 6) is 0. The molecule has 0 radical (unpaired) electrons. The quantitative estimate of drug-likeness (QED) is 0.667. The van der Waals surface area contributed by atoms with Crippen molar-refractivity contribution in [3.63, 3.8) is 0 Å². The van der Waals surface area contributed by atoms with Gasteiger partial charge in [0, 0.05) is 20.2 Å². The predicted octanol–water partition coefficient (Wildman–Crippen LogP) is 2.84. The number of nitrogens with zero attached hydrogens (tertiary/aromatic N) is 1. The van der Waals surface area contributed by atoms with Gasteiger partial charge in [-0.3, -0.25) is 0 Å². The van der Waals surface area contributed by atoms with E-state index < -0.39 is 10.0 Å². The molecule has 0 aliphatic rings. The zero-order chi connectivity index (χ0) is 18.1. The van der Waals surface area contributed by atoms with Crippen molar-refractivity contribution in [1.29, 1.82) is 0 Å². The van der Waals surface area contributed by atoms with E-state index in [-0.39, 0.29) is 12.4 Å². The molecule has 0 aliphatic carbocycles. The summed E-state index contributed by atoms with van der Waals surface area (Å²) < 4.78 is 32.6. The van der Waals surface area contributed by atoms with Crippen molar-refractivity contribution >= 4 is 22.4 Å². The first kappa shape index (κ1) is 22.6. The normalized spacial score (nSPS) is 11.3. The third-order valence-electron chi connectivity index (χ3n) is 3.97. The smallest absolute Gasteiger partial charge is 0.243 e. The van der Waals surface area contributed by atoms with Crippen LogP contribution in [0.3, 0.4) is 0 Å². The largest absolute Gasteiger partial charge is 0.384 e. The molecule has 0 fully saturated rings. The van der Waals surface area contributed by atoms with Gasteiger partial charge in [-0.05, 0) is 42.6 Å². The van der Waals surface area contributed by atoms with Crippen LogP contribution in [0.4, 0.5) is 0 Å². The van der Waals surface area contributed by atoms with Gasteiger partial charge in [-0.2, -0.15) is 4.31 Å². The number of ether oxygens (including phenoxy) is 1. The lowest BCUT2D eigenvalue weighted by Gasteiger charge is -2.22. The number of nitrogens with two attached hydrogens (primary N) is 1. The first-order valence-corrected chi connectivity index (χ1v) is 9.84. The van der Waals surface area contributed by atoms with Crippen LogP contribution in [0.2, 0.25) is 0 Å². The van der Waals surface area contributed by atoms with Crippen LogP contribution in [-0.4, -0.2) is 39.5 Å². The number of rotatable bonds is 10. The fraction of sp³-hybridized carbons (Fsp3) is 0.368. The fourth-order valence-corrected chi connectivity index (χ4v) is 4.00. The highest BCUT2D eigenvalue weighted by atomic mass is 35.5. The van der Waals surface area contributed by atoms with Crippen molar-refractivity contribution < 1.29 is 13.2 Å². The van der Waals surface area contributed by atoms with E-state index in [0.29, 0.717) is 37.6 Å². The second-order valence-electron chi connectivity index (χ2n) is 5.85. The molecule has 2 aromatic carbocycles. The fourth-order valence-electron chi connectivity index (χ4n) is 2.54. The van der Waals surface area contributed by atoms with Crippen LogP contribution in [0.25, 0.3) is 0 Å². The Balaban J connectivity index is 0.00000338. The van der Waals surface area contributed by atoms with E-state index in [1.165, 1.54) is 4.31 Å². The maximum atomic E-state index is 13.0. The molecule has 5 nitrogen and oxygen atoms in total. The van der Waals surface area contributed by atoms with Gasteiger partial charge < -0.3 is 10.5 Å². The second-order valence-corrected chi connectivity index (χ2v) is 7.79. The minimum Gasteiger partial charge on any atom is -0.384 e. The van der Waals surface area contributed by atoms with Crippen molar-refractivity contribution in [3.05, 3.63) is 65.7 Å². The highest BCUT2D eigenvalue weighted by Crippen LogP contribution is 2.19. The lowest BCUT2D eigenvalue weighted by atomic mass is 10.2. The Bertz CT molecular complexity index is 737. The first-order chi connectivity index (χ1) is 12.1. The van der Waals surface area contributed by atoms with Crippen LogP contribution in [0, 0.1) is 0 Å². The van der Waals surface area contributed by atoms with Crippen LogP contribution in [0.1, 0.15) is 17.5 Å². The van der Waals surface area contributed by atoms with Crippen molar-refractivity contribution in [1.82, 2.24) is 4.31 Å². The molecule has 7 heteroatoms. The average molecular weight is 399 g/mol. The maximum Gasteiger partial charge on any atom is 0.243 e. The van der Waals surface area contributed by atoms with Crippen LogP contribution in [-0.2, 0) is 27.7 Å². The molecule has 0 aromatic heterocycles. The molecule has 2 aromatic rings. The Hall–Kier alpha value is -1.44. The summed E-state index contributed by atoms with van der Waals surface area (Å²) in [5.41, 5.74) is 7.60. The van der Waals surface area contributed by atoms with E-state index in [1.807, 2.05) is 42.5 Å². The standard InChI is InChI=1S/C19H26N2O3S.ClH/c1-24-15-12-17-8-10-19(11-9-17)25(22,23)21(14-5-13-20)16-18-6-3-2-4-7-18;/h2-4,6-11H,5,12-16,20H2,1H3;1H. The summed E-state index contributed by atoms with van der Waals surface area (Å²) in [5, 5.41) is 0. The second kappa shape index (κ2) is 11.3. The minimum absolute atomic E-state index is 0. The lowest BCUT2D eigenvalue weighted by Crippen LogP contribution is -2.32. The molecule has 0 saturated heterocycles. The molecule has 0 bridgehead atoms. The number of benzene rings is 2. The van der Waals surface area contributed by atoms with Crippen molar-refractivity contribution in [2.75, 3.05) is 26.8 Å². The monoisotopic (exact) mass is 398 g/mol. The van der Waals surface area contributed by atoms with Gasteiger partial charge in [0.25, 0.3) is 0 Å². The average Bonchev–Trinajstić information content (AvgIpc) is 2.64. The number of halogens is 1. The third kappa shape index (κ3) is 6.37. The molecule has 2 N–H and O–H groups in total. The van der Waals surface area contributed by atoms with Gasteiger partial charge in [-0.25, -0.2) is 8.42 Å². The molecular weight excluding hydrogens is 372 g/mol. The molecule has 0 heterocycles. The zero-order valence-corrected chi connectivity index (χ0v) is 16.6.